The monoisotopic (exact) mass is 1320 g/mol. The highest BCUT2D eigenvalue weighted by molar-refractivity contribution is 6.12. The van der Waals surface area contributed by atoms with Crippen LogP contribution >= 0.6 is 0 Å². The molecular weight excluding hydrogens is 1230 g/mol. The van der Waals surface area contributed by atoms with Crippen LogP contribution in [-0.4, -0.2) is 27.4 Å². The van der Waals surface area contributed by atoms with Gasteiger partial charge in [0.15, 0.2) is 0 Å². The van der Waals surface area contributed by atoms with E-state index < -0.39 is 0 Å². The standard InChI is InChI=1S/2C17H19N.2C16H17N.C15H15N.C14H13N/c1-4-12(2)13-9-10-17-15(11-13)14-7-5-6-8-16(14)18(17)3;1-3-4-7-13-10-11-17-15(12-13)14-8-5-6-9-16(14)18(17)2;1-11(2)12-8-9-16-14(10-12)13-6-4-5-7-15(13)17(16)3;1-3-6-12-9-10-16-14(11-12)13-7-4-5-8-15(13)17(16)2;1-3-11-8-9-15-13(10-11)12-6-4-5-7-14(12)16(15)2;1-10-7-8-14-12(9-10)11-5-3-4-6-13(11)15(14)2/h5-12H,4H2,1-3H3;5-6,8-12H,3-4,7H2,1-2H3;4-11H,1-3H3;4-5,7-11H,3,6H2,1-2H3;4-10H,3H2,1-2H3;3-9H,1-2H3. The van der Waals surface area contributed by atoms with Crippen LogP contribution in [0.15, 0.2) is 255 Å². The first-order chi connectivity index (χ1) is 49.1. The van der Waals surface area contributed by atoms with Crippen LogP contribution in [0, 0.1) is 6.92 Å². The molecule has 0 saturated carbocycles. The van der Waals surface area contributed by atoms with E-state index >= 15 is 0 Å². The lowest BCUT2D eigenvalue weighted by molar-refractivity contribution is 0.734. The van der Waals surface area contributed by atoms with E-state index in [-0.39, 0.29) is 0 Å². The molecule has 6 heterocycles. The van der Waals surface area contributed by atoms with Gasteiger partial charge in [-0.2, -0.15) is 0 Å². The molecule has 510 valence electrons. The number of aryl methyl sites for hydroxylation is 10. The predicted molar refractivity (Wildman–Crippen MR) is 442 cm³/mol. The average Bonchev–Trinajstić information content (AvgIpc) is 1.67. The summed E-state index contributed by atoms with van der Waals surface area (Å²) in [5.41, 5.74) is 24.3. The number of hydrogen-bond donors (Lipinski definition) is 0. The summed E-state index contributed by atoms with van der Waals surface area (Å²) in [6.45, 7) is 17.8. The van der Waals surface area contributed by atoms with E-state index in [9.17, 15) is 0 Å². The maximum Gasteiger partial charge on any atom is 0.0488 e. The molecule has 1 unspecified atom stereocenters. The minimum atomic E-state index is 0.582. The Bertz CT molecular complexity index is 5960. The van der Waals surface area contributed by atoms with E-state index in [4.69, 9.17) is 0 Å². The van der Waals surface area contributed by atoms with E-state index in [1.807, 2.05) is 0 Å². The van der Waals surface area contributed by atoms with Crippen molar-refractivity contribution >= 4 is 131 Å². The van der Waals surface area contributed by atoms with E-state index in [1.165, 1.54) is 203 Å². The Labute approximate surface area is 597 Å². The molecule has 0 bridgehead atoms. The van der Waals surface area contributed by atoms with Gasteiger partial charge in [0, 0.05) is 173 Å². The maximum atomic E-state index is 2.37. The molecule has 0 amide bonds. The largest absolute Gasteiger partial charge is 0.344 e. The van der Waals surface area contributed by atoms with Gasteiger partial charge in [0.2, 0.25) is 0 Å². The van der Waals surface area contributed by atoms with E-state index in [0.29, 0.717) is 11.8 Å². The summed E-state index contributed by atoms with van der Waals surface area (Å²) in [7, 11) is 12.8. The van der Waals surface area contributed by atoms with Crippen LogP contribution < -0.4 is 0 Å². The molecule has 0 spiro atoms. The maximum absolute atomic E-state index is 2.37. The van der Waals surface area contributed by atoms with Crippen molar-refractivity contribution in [3.05, 3.63) is 288 Å². The van der Waals surface area contributed by atoms with E-state index in [0.717, 1.165) is 6.42 Å². The first-order valence-electron chi connectivity index (χ1n) is 36.9. The van der Waals surface area contributed by atoms with Crippen molar-refractivity contribution in [1.82, 2.24) is 27.4 Å². The molecule has 0 radical (unpaired) electrons. The van der Waals surface area contributed by atoms with Crippen molar-refractivity contribution in [2.75, 3.05) is 0 Å². The zero-order chi connectivity index (χ0) is 70.6. The summed E-state index contributed by atoms with van der Waals surface area (Å²) < 4.78 is 13.6. The van der Waals surface area contributed by atoms with Gasteiger partial charge in [0.05, 0.1) is 0 Å². The SMILES string of the molecule is CC(C)c1ccc2c(c1)c1ccccc1n2C.CCC(C)c1ccc2c(c1)c1ccccc1n2C.CCCCc1ccc2c(c1)c1ccccc1n2C.CCCc1ccc2c(c1)c1ccccc1n2C.CCc1ccc2c(c1)c1ccccc1n2C.Cc1ccc2c(c1)c1ccccc1n2C. The van der Waals surface area contributed by atoms with Gasteiger partial charge in [0.1, 0.15) is 0 Å². The van der Waals surface area contributed by atoms with Gasteiger partial charge < -0.3 is 27.4 Å². The minimum absolute atomic E-state index is 0.582. The zero-order valence-electron chi connectivity index (χ0n) is 62.0. The number of para-hydroxylation sites is 6. The smallest absolute Gasteiger partial charge is 0.0488 e. The van der Waals surface area contributed by atoms with Gasteiger partial charge in [-0.05, 0) is 188 Å². The van der Waals surface area contributed by atoms with Gasteiger partial charge in [-0.25, -0.2) is 0 Å². The molecule has 6 nitrogen and oxygen atoms in total. The van der Waals surface area contributed by atoms with Crippen molar-refractivity contribution in [1.29, 1.82) is 0 Å². The lowest BCUT2D eigenvalue weighted by Gasteiger charge is -2.09. The van der Waals surface area contributed by atoms with Crippen LogP contribution in [0.4, 0.5) is 0 Å². The van der Waals surface area contributed by atoms with Gasteiger partial charge in [-0.15, -0.1) is 0 Å². The second kappa shape index (κ2) is 30.1. The molecular formula is C95H100N6. The van der Waals surface area contributed by atoms with Crippen molar-refractivity contribution in [3.63, 3.8) is 0 Å². The van der Waals surface area contributed by atoms with Gasteiger partial charge in [-0.1, -0.05) is 212 Å². The van der Waals surface area contributed by atoms with Gasteiger partial charge in [-0.3, -0.25) is 0 Å². The fourth-order valence-corrected chi connectivity index (χ4v) is 15.4. The molecule has 101 heavy (non-hydrogen) atoms. The first-order valence-corrected chi connectivity index (χ1v) is 36.9. The molecule has 0 aliphatic carbocycles. The van der Waals surface area contributed by atoms with Crippen molar-refractivity contribution in [2.24, 2.45) is 42.3 Å². The van der Waals surface area contributed by atoms with Crippen LogP contribution in [0.2, 0.25) is 0 Å². The number of benzene rings is 12. The molecule has 18 rings (SSSR count). The van der Waals surface area contributed by atoms with Crippen molar-refractivity contribution < 1.29 is 0 Å². The quantitative estimate of drug-likeness (QED) is 0.138. The Kier molecular flexibility index (Phi) is 20.5. The fourth-order valence-electron chi connectivity index (χ4n) is 15.4. The number of rotatable bonds is 9. The van der Waals surface area contributed by atoms with E-state index in [1.54, 1.807) is 0 Å². The van der Waals surface area contributed by atoms with Crippen LogP contribution in [0.1, 0.15) is 119 Å². The molecule has 6 aromatic heterocycles. The Morgan fingerprint density at radius 2 is 0.535 bits per heavy atom. The molecule has 0 N–H and O–H groups in total. The molecule has 0 fully saturated rings. The summed E-state index contributed by atoms with van der Waals surface area (Å²) in [5, 5.41) is 16.4. The lowest BCUT2D eigenvalue weighted by Crippen LogP contribution is -1.91. The highest BCUT2D eigenvalue weighted by atomic mass is 15.0. The minimum Gasteiger partial charge on any atom is -0.344 e. The van der Waals surface area contributed by atoms with Gasteiger partial charge in [0.25, 0.3) is 0 Å². The highest BCUT2D eigenvalue weighted by Crippen LogP contribution is 2.36. The number of aromatic nitrogens is 6. The van der Waals surface area contributed by atoms with Crippen molar-refractivity contribution in [2.45, 2.75) is 112 Å². The fraction of sp³-hybridized carbons (Fsp3) is 0.242. The Morgan fingerprint density at radius 3 is 0.871 bits per heavy atom. The third-order valence-electron chi connectivity index (χ3n) is 21.5. The summed E-state index contributed by atoms with van der Waals surface area (Å²) in [6.07, 6.45) is 8.38. The highest BCUT2D eigenvalue weighted by Gasteiger charge is 2.15. The molecule has 12 aromatic carbocycles. The molecule has 0 saturated heterocycles. The Balaban J connectivity index is 0.000000108. The number of fused-ring (bicyclic) bond motifs is 18. The predicted octanol–water partition coefficient (Wildman–Crippen LogP) is 25.8. The summed E-state index contributed by atoms with van der Waals surface area (Å²) in [5.74, 6) is 1.21. The summed E-state index contributed by atoms with van der Waals surface area (Å²) >= 11 is 0. The van der Waals surface area contributed by atoms with Crippen LogP contribution in [0.5, 0.6) is 0 Å². The lowest BCUT2D eigenvalue weighted by atomic mass is 9.97. The first kappa shape index (κ1) is 68.9. The molecule has 0 aliphatic heterocycles. The zero-order valence-corrected chi connectivity index (χ0v) is 62.0. The molecule has 0 aliphatic rings. The second-order valence-corrected chi connectivity index (χ2v) is 28.3. The van der Waals surface area contributed by atoms with Gasteiger partial charge >= 0.3 is 0 Å². The normalized spacial score (nSPS) is 11.8. The third kappa shape index (κ3) is 13.6. The second-order valence-electron chi connectivity index (χ2n) is 28.3. The summed E-state index contributed by atoms with van der Waals surface area (Å²) in [6, 6.07) is 92.6. The molecule has 1 atom stereocenters. The molecule has 6 heteroatoms. The van der Waals surface area contributed by atoms with E-state index in [2.05, 4.69) is 380 Å². The van der Waals surface area contributed by atoms with Crippen LogP contribution in [0.25, 0.3) is 131 Å². The Hall–Kier alpha value is -10.6. The third-order valence-corrected chi connectivity index (χ3v) is 21.5. The van der Waals surface area contributed by atoms with Crippen LogP contribution in [0.3, 0.4) is 0 Å². The topological polar surface area (TPSA) is 29.6 Å². The Morgan fingerprint density at radius 1 is 0.257 bits per heavy atom. The number of unbranched alkanes of at least 4 members (excludes halogenated alkanes) is 1. The van der Waals surface area contributed by atoms with Crippen LogP contribution in [-0.2, 0) is 61.5 Å². The van der Waals surface area contributed by atoms with Crippen molar-refractivity contribution in [3.8, 4) is 0 Å². The molecule has 18 aromatic rings. The number of hydrogen-bond acceptors (Lipinski definition) is 0. The average molecular weight is 1330 g/mol. The summed E-state index contributed by atoms with van der Waals surface area (Å²) in [4.78, 5) is 0. The number of nitrogens with zero attached hydrogens (tertiary/aromatic N) is 6.